The zero-order valence-electron chi connectivity index (χ0n) is 2.81. The lowest BCUT2D eigenvalue weighted by Gasteiger charge is -1.52. The lowest BCUT2D eigenvalue weighted by Crippen LogP contribution is -1.92. The normalized spacial score (nSPS) is 7.50. The zero-order valence-corrected chi connectivity index (χ0v) is 4.38. The molecule has 0 aromatic rings. The van der Waals surface area contributed by atoms with Crippen LogP contribution in [0.15, 0.2) is 0 Å². The van der Waals surface area contributed by atoms with Crippen LogP contribution < -0.4 is 0 Å². The van der Waals surface area contributed by atoms with Crippen molar-refractivity contribution < 1.29 is 9.00 Å². The summed E-state index contributed by atoms with van der Waals surface area (Å²) in [7, 11) is 0. The Bertz CT molecular complexity index is 71.9. The molecule has 0 rings (SSSR count). The van der Waals surface area contributed by atoms with E-state index in [0.29, 0.717) is 0 Å². The Kier molecular flexibility index (Phi) is 3.17. The lowest BCUT2D eigenvalue weighted by atomic mass is 10.9. The number of hydrogen-bond donors (Lipinski definition) is 0. The third kappa shape index (κ3) is 2.23. The average Bonchev–Trinajstić information content (AvgIpc) is 1.65. The van der Waals surface area contributed by atoms with Gasteiger partial charge in [-0.1, -0.05) is 0 Å². The van der Waals surface area contributed by atoms with Crippen LogP contribution in [-0.2, 0) is 20.7 Å². The van der Waals surface area contributed by atoms with Crippen molar-refractivity contribution in [3.63, 3.8) is 0 Å². The van der Waals surface area contributed by atoms with Gasteiger partial charge < -0.3 is 0 Å². The number of hydrogen-bond acceptors (Lipinski definition) is 2. The third-order valence-corrected chi connectivity index (χ3v) is 0.933. The van der Waals surface area contributed by atoms with E-state index >= 15 is 0 Å². The van der Waals surface area contributed by atoms with Crippen molar-refractivity contribution in [3.05, 3.63) is 0 Å². The largest absolute Gasteiger partial charge is 0.547 e. The minimum atomic E-state index is -0.531. The van der Waals surface area contributed by atoms with Gasteiger partial charge >= 0.3 is 16.8 Å². The number of halogens is 1. The Morgan fingerprint density at radius 1 is 1.83 bits per heavy atom. The molecule has 0 radical (unpaired) electrons. The molecule has 0 fully saturated rings. The van der Waals surface area contributed by atoms with Crippen LogP contribution in [0, 0.1) is 0 Å². The quantitative estimate of drug-likeness (QED) is 0.370. The topological polar surface area (TPSA) is 34.1 Å². The van der Waals surface area contributed by atoms with Crippen LogP contribution in [-0.4, -0.2) is 11.0 Å². The van der Waals surface area contributed by atoms with Gasteiger partial charge in [-0.2, -0.15) is 0 Å². The van der Waals surface area contributed by atoms with Crippen molar-refractivity contribution in [2.24, 2.45) is 0 Å². The summed E-state index contributed by atoms with van der Waals surface area (Å²) in [4.78, 5) is 9.70. The molecule has 0 atom stereocenters. The van der Waals surface area contributed by atoms with Crippen molar-refractivity contribution in [3.8, 4) is 0 Å². The second-order valence-corrected chi connectivity index (χ2v) is 1.48. The summed E-state index contributed by atoms with van der Waals surface area (Å²) in [6, 6.07) is 0. The molecule has 4 heteroatoms. The highest BCUT2D eigenvalue weighted by molar-refractivity contribution is 7.83. The van der Waals surface area contributed by atoms with Gasteiger partial charge in [-0.05, 0) is 0 Å². The molecule has 0 bridgehead atoms. The van der Waals surface area contributed by atoms with Gasteiger partial charge in [0.05, 0.1) is 0 Å². The molecular weight excluding hydrogens is 124 g/mol. The average molecular weight is 126 g/mol. The summed E-state index contributed by atoms with van der Waals surface area (Å²) in [5.74, 6) is -0.186. The van der Waals surface area contributed by atoms with Gasteiger partial charge in [-0.25, -0.2) is 4.79 Å². The zero-order chi connectivity index (χ0) is 4.99. The molecule has 0 N–H and O–H groups in total. The highest BCUT2D eigenvalue weighted by Gasteiger charge is 2.11. The molecule has 0 aliphatic carbocycles. The number of rotatable bonds is 1. The molecule has 0 saturated carbocycles. The van der Waals surface area contributed by atoms with Crippen LogP contribution in [0.4, 0.5) is 0 Å². The van der Waals surface area contributed by atoms with Gasteiger partial charge in [-0.15, -0.1) is 11.6 Å². The monoisotopic (exact) mass is 125 g/mol. The molecule has 34 valence electrons. The molecule has 0 spiro atoms. The van der Waals surface area contributed by atoms with Crippen molar-refractivity contribution in [1.82, 2.24) is 0 Å². The fourth-order valence-electron chi connectivity index (χ4n) is 0.0223. The molecule has 0 amide bonds. The van der Waals surface area contributed by atoms with E-state index in [1.807, 2.05) is 0 Å². The molecule has 0 saturated heterocycles. The molecule has 0 aliphatic rings. The first-order valence-electron chi connectivity index (χ1n) is 1.20. The predicted molar refractivity (Wildman–Crippen MR) is 23.8 cm³/mol. The second kappa shape index (κ2) is 3.18. The summed E-state index contributed by atoms with van der Waals surface area (Å²) >= 11 is 4.79. The van der Waals surface area contributed by atoms with E-state index in [1.165, 1.54) is 0 Å². The van der Waals surface area contributed by atoms with E-state index in [9.17, 15) is 9.00 Å². The first kappa shape index (κ1) is 5.98. The van der Waals surface area contributed by atoms with Gasteiger partial charge in [0, 0.05) is 4.21 Å². The molecule has 0 unspecified atom stereocenters. The number of carbonyl (C=O) groups excluding carboxylic acids is 1. The first-order chi connectivity index (χ1) is 2.81. The van der Waals surface area contributed by atoms with Gasteiger partial charge in [0.25, 0.3) is 0 Å². The third-order valence-electron chi connectivity index (χ3n) is 0.202. The minimum Gasteiger partial charge on any atom is -0.219 e. The van der Waals surface area contributed by atoms with Crippen molar-refractivity contribution in [1.29, 1.82) is 0 Å². The Labute approximate surface area is 44.0 Å². The van der Waals surface area contributed by atoms with Gasteiger partial charge in [-0.3, -0.25) is 0 Å². The number of alkyl halides is 1. The Hall–Kier alpha value is -0.0200. The van der Waals surface area contributed by atoms with Gasteiger partial charge in [0.2, 0.25) is 0 Å². The maximum absolute atomic E-state index is 9.70. The van der Waals surface area contributed by atoms with Crippen molar-refractivity contribution in [2.75, 3.05) is 5.88 Å². The summed E-state index contributed by atoms with van der Waals surface area (Å²) in [6.45, 7) is 0. The first-order valence-corrected chi connectivity index (χ1v) is 2.47. The van der Waals surface area contributed by atoms with E-state index < -0.39 is 5.12 Å². The minimum absolute atomic E-state index is 0.0961. The molecule has 2 nitrogen and oxygen atoms in total. The molecule has 0 aromatic heterocycles. The number of carbonyl (C=O) groups is 1. The van der Waals surface area contributed by atoms with E-state index in [0.717, 1.165) is 0 Å². The van der Waals surface area contributed by atoms with Gasteiger partial charge in [0.15, 0.2) is 0 Å². The van der Waals surface area contributed by atoms with Gasteiger partial charge in [0.1, 0.15) is 5.88 Å². The van der Waals surface area contributed by atoms with E-state index in [4.69, 9.17) is 11.6 Å². The van der Waals surface area contributed by atoms with Crippen LogP contribution in [0.2, 0.25) is 0 Å². The second-order valence-electron chi connectivity index (χ2n) is 0.589. The van der Waals surface area contributed by atoms with Crippen LogP contribution in [0.1, 0.15) is 0 Å². The van der Waals surface area contributed by atoms with E-state index in [1.54, 1.807) is 0 Å². The molecule has 0 aliphatic heterocycles. The highest BCUT2D eigenvalue weighted by atomic mass is 35.5. The van der Waals surface area contributed by atoms with Crippen LogP contribution in [0.25, 0.3) is 0 Å². The highest BCUT2D eigenvalue weighted by Crippen LogP contribution is 1.72. The molecule has 0 heterocycles. The Morgan fingerprint density at radius 3 is 2.33 bits per heavy atom. The maximum Gasteiger partial charge on any atom is 0.547 e. The van der Waals surface area contributed by atoms with E-state index in [-0.39, 0.29) is 17.5 Å². The maximum atomic E-state index is 9.70. The fourth-order valence-corrected chi connectivity index (χ4v) is 0.200. The molecule has 6 heavy (non-hydrogen) atoms. The van der Waals surface area contributed by atoms with Crippen molar-refractivity contribution >= 4 is 28.4 Å². The molecule has 0 aromatic carbocycles. The molecular formula is C2H2ClO2S+. The smallest absolute Gasteiger partial charge is 0.219 e. The van der Waals surface area contributed by atoms with E-state index in [2.05, 4.69) is 0 Å². The predicted octanol–water partition coefficient (Wildman–Crippen LogP) is 0.180. The SMILES string of the molecule is O=[S+]C(=O)CCl. The van der Waals surface area contributed by atoms with Crippen LogP contribution in [0.5, 0.6) is 0 Å². The summed E-state index contributed by atoms with van der Waals surface area (Å²) in [6.07, 6.45) is 0. The standard InChI is InChI=1S/C2H2ClO2S/c3-1-2(4)6-5/h1H2/q+1. The lowest BCUT2D eigenvalue weighted by molar-refractivity contribution is -0.109. The summed E-state index contributed by atoms with van der Waals surface area (Å²) in [5.41, 5.74) is 0. The van der Waals surface area contributed by atoms with Crippen LogP contribution >= 0.6 is 11.6 Å². The Balaban J connectivity index is 3.23. The van der Waals surface area contributed by atoms with Crippen LogP contribution in [0.3, 0.4) is 0 Å². The summed E-state index contributed by atoms with van der Waals surface area (Å²) < 4.78 is 9.34. The summed E-state index contributed by atoms with van der Waals surface area (Å²) in [5, 5.41) is -0.531. The fraction of sp³-hybridized carbons (Fsp3) is 0.500. The Morgan fingerprint density at radius 2 is 2.33 bits per heavy atom. The van der Waals surface area contributed by atoms with Crippen molar-refractivity contribution in [2.45, 2.75) is 0 Å².